The fourth-order valence-corrected chi connectivity index (χ4v) is 5.95. The SMILES string of the molecule is Cc1ccc2c(NS(=O)(=O)CC(F)(F)F)c(F)ccc2c1Oc1ncccc1-c1ccnc(NC2CC(F)CN(C(=O)O)C2)n1. The molecule has 2 aromatic carbocycles. The number of carbonyl (C=O) groups is 1. The minimum atomic E-state index is -5.05. The molecule has 4 aromatic rings. The summed E-state index contributed by atoms with van der Waals surface area (Å²) < 4.78 is 99.6. The molecular formula is C28H25F5N6O5S. The number of nitrogens with zero attached hydrogens (tertiary/aromatic N) is 4. The number of halogens is 5. The van der Waals surface area contributed by atoms with E-state index >= 15 is 0 Å². The van der Waals surface area contributed by atoms with Gasteiger partial charge in [-0.05, 0) is 42.8 Å². The van der Waals surface area contributed by atoms with Crippen LogP contribution >= 0.6 is 0 Å². The summed E-state index contributed by atoms with van der Waals surface area (Å²) in [5.74, 6) is -3.04. The molecule has 238 valence electrons. The summed E-state index contributed by atoms with van der Waals surface area (Å²) in [6.07, 6.45) is -4.75. The zero-order valence-corrected chi connectivity index (χ0v) is 24.2. The summed E-state index contributed by atoms with van der Waals surface area (Å²) in [6.45, 7) is 1.45. The molecule has 1 amide bonds. The highest BCUT2D eigenvalue weighted by Crippen LogP contribution is 2.40. The molecule has 2 aromatic heterocycles. The van der Waals surface area contributed by atoms with Crippen molar-refractivity contribution in [2.24, 2.45) is 0 Å². The van der Waals surface area contributed by atoms with Gasteiger partial charge in [0.15, 0.2) is 5.75 Å². The van der Waals surface area contributed by atoms with Gasteiger partial charge in [-0.2, -0.15) is 13.2 Å². The number of likely N-dealkylation sites (tertiary alicyclic amines) is 1. The average molecular weight is 653 g/mol. The van der Waals surface area contributed by atoms with E-state index in [0.717, 1.165) is 11.0 Å². The number of fused-ring (bicyclic) bond motifs is 1. The monoisotopic (exact) mass is 652 g/mol. The first-order chi connectivity index (χ1) is 21.2. The molecule has 1 saturated heterocycles. The van der Waals surface area contributed by atoms with E-state index in [1.165, 1.54) is 30.6 Å². The number of piperidine rings is 1. The van der Waals surface area contributed by atoms with Gasteiger partial charge >= 0.3 is 12.3 Å². The lowest BCUT2D eigenvalue weighted by molar-refractivity contribution is -0.106. The molecule has 2 unspecified atom stereocenters. The van der Waals surface area contributed by atoms with Crippen molar-refractivity contribution in [3.05, 3.63) is 66.2 Å². The number of ether oxygens (including phenoxy) is 1. The van der Waals surface area contributed by atoms with E-state index in [-0.39, 0.29) is 47.9 Å². The van der Waals surface area contributed by atoms with Crippen LogP contribution in [0.15, 0.2) is 54.9 Å². The maximum Gasteiger partial charge on any atom is 0.407 e. The first kappa shape index (κ1) is 31.6. The largest absolute Gasteiger partial charge is 0.465 e. The highest BCUT2D eigenvalue weighted by Gasteiger charge is 2.36. The second-order valence-corrected chi connectivity index (χ2v) is 12.0. The lowest BCUT2D eigenvalue weighted by Gasteiger charge is -2.33. The Balaban J connectivity index is 1.47. The van der Waals surface area contributed by atoms with E-state index in [4.69, 9.17) is 4.74 Å². The van der Waals surface area contributed by atoms with Crippen molar-refractivity contribution >= 4 is 38.5 Å². The summed E-state index contributed by atoms with van der Waals surface area (Å²) in [7, 11) is -5.00. The van der Waals surface area contributed by atoms with Crippen LogP contribution in [0, 0.1) is 12.7 Å². The van der Waals surface area contributed by atoms with Crippen molar-refractivity contribution < 1.29 is 45.0 Å². The number of aromatic nitrogens is 3. The molecule has 3 N–H and O–H groups in total. The predicted molar refractivity (Wildman–Crippen MR) is 154 cm³/mol. The maximum absolute atomic E-state index is 14.8. The van der Waals surface area contributed by atoms with Gasteiger partial charge in [-0.1, -0.05) is 12.1 Å². The first-order valence-corrected chi connectivity index (χ1v) is 15.0. The molecule has 0 radical (unpaired) electrons. The second kappa shape index (κ2) is 12.3. The summed E-state index contributed by atoms with van der Waals surface area (Å²) in [5, 5.41) is 12.4. The Morgan fingerprint density at radius 3 is 2.58 bits per heavy atom. The molecule has 0 bridgehead atoms. The molecule has 0 spiro atoms. The molecule has 11 nitrogen and oxygen atoms in total. The van der Waals surface area contributed by atoms with E-state index in [2.05, 4.69) is 20.3 Å². The van der Waals surface area contributed by atoms with Crippen LogP contribution in [0.3, 0.4) is 0 Å². The third-order valence-corrected chi connectivity index (χ3v) is 8.04. The molecule has 45 heavy (non-hydrogen) atoms. The van der Waals surface area contributed by atoms with E-state index in [0.29, 0.717) is 16.8 Å². The maximum atomic E-state index is 14.8. The number of pyridine rings is 1. The lowest BCUT2D eigenvalue weighted by Crippen LogP contribution is -2.49. The topological polar surface area (TPSA) is 147 Å². The number of hydrogen-bond donors (Lipinski definition) is 3. The zero-order valence-electron chi connectivity index (χ0n) is 23.3. The van der Waals surface area contributed by atoms with Gasteiger partial charge < -0.3 is 20.1 Å². The molecule has 1 aliphatic rings. The number of nitrogens with one attached hydrogen (secondary N) is 2. The minimum absolute atomic E-state index is 0.0276. The molecule has 2 atom stereocenters. The van der Waals surface area contributed by atoms with Crippen LogP contribution < -0.4 is 14.8 Å². The molecule has 17 heteroatoms. The number of aryl methyl sites for hydroxylation is 1. The first-order valence-electron chi connectivity index (χ1n) is 13.3. The quantitative estimate of drug-likeness (QED) is 0.203. The van der Waals surface area contributed by atoms with Crippen LogP contribution in [-0.2, 0) is 10.0 Å². The van der Waals surface area contributed by atoms with E-state index < -0.39 is 51.8 Å². The van der Waals surface area contributed by atoms with Gasteiger partial charge in [0.2, 0.25) is 21.9 Å². The number of carboxylic acid groups (broad SMARTS) is 1. The summed E-state index contributed by atoms with van der Waals surface area (Å²) in [6, 6.07) is 9.24. The number of amides is 1. The Hall–Kier alpha value is -4.80. The Bertz CT molecular complexity index is 1860. The summed E-state index contributed by atoms with van der Waals surface area (Å²) in [4.78, 5) is 25.2. The highest BCUT2D eigenvalue weighted by atomic mass is 32.2. The van der Waals surface area contributed by atoms with E-state index in [1.807, 2.05) is 0 Å². The number of rotatable bonds is 8. The Labute approximate surface area is 253 Å². The third-order valence-electron chi connectivity index (χ3n) is 6.81. The third kappa shape index (κ3) is 7.47. The van der Waals surface area contributed by atoms with Gasteiger partial charge in [-0.15, -0.1) is 0 Å². The van der Waals surface area contributed by atoms with Crippen LogP contribution in [0.5, 0.6) is 11.6 Å². The van der Waals surface area contributed by atoms with Gasteiger partial charge in [0.05, 0.1) is 23.5 Å². The normalized spacial score (nSPS) is 17.2. The van der Waals surface area contributed by atoms with E-state index in [1.54, 1.807) is 29.8 Å². The van der Waals surface area contributed by atoms with Crippen LogP contribution in [0.25, 0.3) is 22.0 Å². The molecule has 0 aliphatic carbocycles. The highest BCUT2D eigenvalue weighted by molar-refractivity contribution is 7.92. The van der Waals surface area contributed by atoms with Crippen molar-refractivity contribution in [1.29, 1.82) is 0 Å². The fourth-order valence-electron chi connectivity index (χ4n) is 4.93. The predicted octanol–water partition coefficient (Wildman–Crippen LogP) is 5.74. The summed E-state index contributed by atoms with van der Waals surface area (Å²) >= 11 is 0. The fraction of sp³-hybridized carbons (Fsp3) is 0.286. The molecule has 1 fully saturated rings. The molecule has 0 saturated carbocycles. The second-order valence-electron chi connectivity index (χ2n) is 10.3. The Morgan fingerprint density at radius 1 is 1.09 bits per heavy atom. The number of benzene rings is 2. The zero-order chi connectivity index (χ0) is 32.5. The smallest absolute Gasteiger partial charge is 0.407 e. The molecule has 5 rings (SSSR count). The van der Waals surface area contributed by atoms with Crippen LogP contribution in [-0.4, -0.2) is 76.7 Å². The van der Waals surface area contributed by atoms with Crippen molar-refractivity contribution in [3.63, 3.8) is 0 Å². The molecule has 1 aliphatic heterocycles. The Kier molecular flexibility index (Phi) is 8.64. The van der Waals surface area contributed by atoms with Crippen LogP contribution in [0.4, 0.5) is 38.4 Å². The molecular weight excluding hydrogens is 627 g/mol. The number of sulfonamides is 1. The van der Waals surface area contributed by atoms with Crippen molar-refractivity contribution in [2.45, 2.75) is 31.7 Å². The van der Waals surface area contributed by atoms with Gasteiger partial charge in [-0.3, -0.25) is 4.72 Å². The van der Waals surface area contributed by atoms with Gasteiger partial charge in [-0.25, -0.2) is 36.9 Å². The minimum Gasteiger partial charge on any atom is -0.465 e. The van der Waals surface area contributed by atoms with Crippen molar-refractivity contribution in [1.82, 2.24) is 19.9 Å². The molecule has 3 heterocycles. The Morgan fingerprint density at radius 2 is 1.84 bits per heavy atom. The van der Waals surface area contributed by atoms with Crippen LogP contribution in [0.2, 0.25) is 0 Å². The van der Waals surface area contributed by atoms with Gasteiger partial charge in [0, 0.05) is 42.2 Å². The number of hydrogen-bond acceptors (Lipinski definition) is 8. The number of alkyl halides is 4. The standard InChI is InChI=1S/C28H25F5N6O5S/c1-15-4-5-18-19(6-7-21(30)23(18)38-45(42,43)14-28(31,32)33)24(15)44-25-20(3-2-9-34-25)22-8-10-35-26(37-22)36-17-11-16(29)12-39(13-17)27(40)41/h2-10,16-17,38H,11-14H2,1H3,(H,40,41)(H,35,36,37). The van der Waals surface area contributed by atoms with E-state index in [9.17, 15) is 40.3 Å². The average Bonchev–Trinajstić information content (AvgIpc) is 2.94. The number of anilines is 2. The summed E-state index contributed by atoms with van der Waals surface area (Å²) in [5.41, 5.74) is 0.532. The van der Waals surface area contributed by atoms with Crippen molar-refractivity contribution in [3.8, 4) is 22.9 Å². The lowest BCUT2D eigenvalue weighted by atomic mass is 10.0. The van der Waals surface area contributed by atoms with Crippen molar-refractivity contribution in [2.75, 3.05) is 28.9 Å². The van der Waals surface area contributed by atoms with Crippen LogP contribution in [0.1, 0.15) is 12.0 Å². The van der Waals surface area contributed by atoms with Gasteiger partial charge in [0.25, 0.3) is 0 Å². The van der Waals surface area contributed by atoms with Gasteiger partial charge in [0.1, 0.15) is 17.7 Å².